The summed E-state index contributed by atoms with van der Waals surface area (Å²) in [5.41, 5.74) is 1.15. The summed E-state index contributed by atoms with van der Waals surface area (Å²) >= 11 is 0. The lowest BCUT2D eigenvalue weighted by molar-refractivity contribution is -0.0874. The highest BCUT2D eigenvalue weighted by Gasteiger charge is 2.58. The van der Waals surface area contributed by atoms with Crippen LogP contribution in [0, 0.1) is 58.7 Å². The van der Waals surface area contributed by atoms with Crippen molar-refractivity contribution in [2.45, 2.75) is 89.7 Å². The van der Waals surface area contributed by atoms with Crippen LogP contribution in [0.4, 0.5) is 0 Å². The highest BCUT2D eigenvalue weighted by molar-refractivity contribution is 5.21. The van der Waals surface area contributed by atoms with E-state index in [1.54, 1.807) is 0 Å². The molecule has 1 aromatic rings. The summed E-state index contributed by atoms with van der Waals surface area (Å²) in [5, 5.41) is 11.2. The molecule has 5 aliphatic rings. The number of hydrogen-bond donors (Lipinski definition) is 1. The standard InChI is InChI=1S/C29H40N2O/c1-20(18-31-16-15-30-19-31)26-7-8-27-25-6-5-22-17-29(32,13-9-21-3-4-21)14-11-23(22)24(25)10-12-28(26,27)2/h15-16,19,21-27,32H,1,3-8,10-12,14,17-18H2,2H3/t22-,23+,24-,25-,26-,27+,28-,29-/m1/s1. The Hall–Kier alpha value is -1.53. The maximum atomic E-state index is 11.2. The van der Waals surface area contributed by atoms with E-state index in [9.17, 15) is 5.11 Å². The zero-order valence-corrected chi connectivity index (χ0v) is 19.8. The van der Waals surface area contributed by atoms with Gasteiger partial charge in [0, 0.05) is 24.9 Å². The summed E-state index contributed by atoms with van der Waals surface area (Å²) in [4.78, 5) is 4.22. The van der Waals surface area contributed by atoms with Crippen LogP contribution >= 0.6 is 0 Å². The molecule has 3 heteroatoms. The van der Waals surface area contributed by atoms with E-state index in [1.807, 2.05) is 12.5 Å². The van der Waals surface area contributed by atoms with Gasteiger partial charge in [0.15, 0.2) is 0 Å². The smallest absolute Gasteiger partial charge is 0.125 e. The molecule has 1 aromatic heterocycles. The molecule has 3 nitrogen and oxygen atoms in total. The van der Waals surface area contributed by atoms with E-state index < -0.39 is 5.60 Å². The highest BCUT2D eigenvalue weighted by atomic mass is 16.3. The molecule has 6 rings (SSSR count). The van der Waals surface area contributed by atoms with Gasteiger partial charge in [0.2, 0.25) is 0 Å². The van der Waals surface area contributed by atoms with Crippen molar-refractivity contribution in [3.05, 3.63) is 30.9 Å². The Bertz CT molecular complexity index is 921. The van der Waals surface area contributed by atoms with Gasteiger partial charge in [-0.25, -0.2) is 4.98 Å². The number of fused-ring (bicyclic) bond motifs is 5. The number of aromatic nitrogens is 2. The first-order chi connectivity index (χ1) is 15.5. The summed E-state index contributed by atoms with van der Waals surface area (Å²) in [6, 6.07) is 0. The molecule has 0 aliphatic heterocycles. The van der Waals surface area contributed by atoms with Gasteiger partial charge in [-0.1, -0.05) is 30.9 Å². The molecule has 0 unspecified atom stereocenters. The van der Waals surface area contributed by atoms with Crippen LogP contribution in [0.5, 0.6) is 0 Å². The van der Waals surface area contributed by atoms with Gasteiger partial charge in [-0.15, -0.1) is 0 Å². The van der Waals surface area contributed by atoms with Crippen LogP contribution in [0.1, 0.15) is 77.6 Å². The SMILES string of the molecule is C=C(Cn1ccnc1)[C@H]1CC[C@H]2[C@@H]3CC[C@@H]4C[C@@](O)(C#CC5CC5)CC[C@@H]4[C@H]3CC[C@]12C. The third-order valence-electron chi connectivity index (χ3n) is 10.5. The minimum absolute atomic E-state index is 0.427. The lowest BCUT2D eigenvalue weighted by Crippen LogP contribution is -2.50. The van der Waals surface area contributed by atoms with E-state index in [0.29, 0.717) is 23.2 Å². The molecule has 32 heavy (non-hydrogen) atoms. The van der Waals surface area contributed by atoms with E-state index >= 15 is 0 Å². The zero-order valence-electron chi connectivity index (χ0n) is 19.8. The van der Waals surface area contributed by atoms with Crippen molar-refractivity contribution in [1.82, 2.24) is 9.55 Å². The second kappa shape index (κ2) is 7.76. The Morgan fingerprint density at radius 3 is 2.69 bits per heavy atom. The van der Waals surface area contributed by atoms with Gasteiger partial charge in [0.1, 0.15) is 5.60 Å². The Balaban J connectivity index is 1.15. The fourth-order valence-corrected chi connectivity index (χ4v) is 8.85. The van der Waals surface area contributed by atoms with Gasteiger partial charge in [-0.05, 0) is 112 Å². The van der Waals surface area contributed by atoms with Crippen molar-refractivity contribution in [2.75, 3.05) is 0 Å². The molecule has 5 aliphatic carbocycles. The van der Waals surface area contributed by atoms with Gasteiger partial charge in [0.25, 0.3) is 0 Å². The lowest BCUT2D eigenvalue weighted by atomic mass is 9.48. The molecule has 0 amide bonds. The monoisotopic (exact) mass is 432 g/mol. The van der Waals surface area contributed by atoms with E-state index in [0.717, 1.165) is 43.1 Å². The molecule has 172 valence electrons. The maximum Gasteiger partial charge on any atom is 0.125 e. The molecule has 5 saturated carbocycles. The molecular formula is C29H40N2O. The number of imidazole rings is 1. The first-order valence-electron chi connectivity index (χ1n) is 13.3. The van der Waals surface area contributed by atoms with Crippen molar-refractivity contribution in [2.24, 2.45) is 46.8 Å². The van der Waals surface area contributed by atoms with E-state index in [1.165, 1.54) is 63.4 Å². The predicted molar refractivity (Wildman–Crippen MR) is 127 cm³/mol. The molecule has 0 saturated heterocycles. The fraction of sp³-hybridized carbons (Fsp3) is 0.759. The molecule has 5 fully saturated rings. The average molecular weight is 433 g/mol. The number of hydrogen-bond acceptors (Lipinski definition) is 2. The summed E-state index contributed by atoms with van der Waals surface area (Å²) in [5.74, 6) is 12.1. The summed E-state index contributed by atoms with van der Waals surface area (Å²) in [7, 11) is 0. The van der Waals surface area contributed by atoms with Crippen LogP contribution < -0.4 is 0 Å². The number of nitrogens with zero attached hydrogens (tertiary/aromatic N) is 2. The molecule has 0 bridgehead atoms. The second-order valence-corrected chi connectivity index (χ2v) is 12.3. The fourth-order valence-electron chi connectivity index (χ4n) is 8.85. The van der Waals surface area contributed by atoms with Gasteiger partial charge in [0.05, 0.1) is 6.33 Å². The van der Waals surface area contributed by atoms with E-state index in [4.69, 9.17) is 0 Å². The van der Waals surface area contributed by atoms with Crippen LogP contribution in [-0.4, -0.2) is 20.3 Å². The average Bonchev–Trinajstić information content (AvgIpc) is 3.34. The van der Waals surface area contributed by atoms with Gasteiger partial charge in [-0.2, -0.15) is 0 Å². The Labute approximate surface area is 194 Å². The number of rotatable bonds is 3. The molecule has 0 spiro atoms. The molecular weight excluding hydrogens is 392 g/mol. The maximum absolute atomic E-state index is 11.2. The number of allylic oxidation sites excluding steroid dienone is 1. The number of aliphatic hydroxyl groups is 1. The van der Waals surface area contributed by atoms with Crippen LogP contribution in [0.25, 0.3) is 0 Å². The molecule has 1 heterocycles. The topological polar surface area (TPSA) is 38.0 Å². The normalized spacial score (nSPS) is 45.2. The quantitative estimate of drug-likeness (QED) is 0.480. The highest BCUT2D eigenvalue weighted by Crippen LogP contribution is 2.65. The van der Waals surface area contributed by atoms with Gasteiger partial charge >= 0.3 is 0 Å². The predicted octanol–water partition coefficient (Wildman–Crippen LogP) is 5.85. The minimum Gasteiger partial charge on any atom is -0.378 e. The van der Waals surface area contributed by atoms with Crippen molar-refractivity contribution in [3.63, 3.8) is 0 Å². The summed E-state index contributed by atoms with van der Waals surface area (Å²) in [6.45, 7) is 8.10. The van der Waals surface area contributed by atoms with Crippen LogP contribution in [0.2, 0.25) is 0 Å². The largest absolute Gasteiger partial charge is 0.378 e. The van der Waals surface area contributed by atoms with E-state index in [-0.39, 0.29) is 0 Å². The van der Waals surface area contributed by atoms with Crippen molar-refractivity contribution < 1.29 is 5.11 Å². The minimum atomic E-state index is -0.691. The second-order valence-electron chi connectivity index (χ2n) is 12.3. The van der Waals surface area contributed by atoms with Crippen LogP contribution in [0.3, 0.4) is 0 Å². The van der Waals surface area contributed by atoms with Gasteiger partial charge in [-0.3, -0.25) is 0 Å². The Morgan fingerprint density at radius 2 is 1.91 bits per heavy atom. The molecule has 1 N–H and O–H groups in total. The lowest BCUT2D eigenvalue weighted by Gasteiger charge is -2.57. The summed E-state index contributed by atoms with van der Waals surface area (Å²) < 4.78 is 2.19. The Kier molecular flexibility index (Phi) is 5.10. The Morgan fingerprint density at radius 1 is 1.06 bits per heavy atom. The van der Waals surface area contributed by atoms with Crippen molar-refractivity contribution in [3.8, 4) is 11.8 Å². The van der Waals surface area contributed by atoms with Crippen LogP contribution in [0.15, 0.2) is 30.9 Å². The first kappa shape index (κ1) is 21.0. The molecule has 0 aromatic carbocycles. The zero-order chi connectivity index (χ0) is 21.9. The third-order valence-corrected chi connectivity index (χ3v) is 10.5. The van der Waals surface area contributed by atoms with Crippen molar-refractivity contribution in [1.29, 1.82) is 0 Å². The summed E-state index contributed by atoms with van der Waals surface area (Å²) in [6.07, 6.45) is 19.5. The first-order valence-corrected chi connectivity index (χ1v) is 13.3. The van der Waals surface area contributed by atoms with E-state index in [2.05, 4.69) is 41.1 Å². The van der Waals surface area contributed by atoms with Gasteiger partial charge < -0.3 is 9.67 Å². The van der Waals surface area contributed by atoms with Crippen molar-refractivity contribution >= 4 is 0 Å². The van der Waals surface area contributed by atoms with Crippen LogP contribution in [-0.2, 0) is 6.54 Å². The molecule has 8 atom stereocenters. The third kappa shape index (κ3) is 3.58. The molecule has 0 radical (unpaired) electrons.